The van der Waals surface area contributed by atoms with Crippen LogP contribution in [0.5, 0.6) is 0 Å². The molecule has 1 saturated heterocycles. The van der Waals surface area contributed by atoms with Gasteiger partial charge in [0.15, 0.2) is 0 Å². The van der Waals surface area contributed by atoms with Gasteiger partial charge in [-0.3, -0.25) is 0 Å². The van der Waals surface area contributed by atoms with E-state index in [9.17, 15) is 4.79 Å². The minimum absolute atomic E-state index is 0.101. The van der Waals surface area contributed by atoms with E-state index in [-0.39, 0.29) is 18.1 Å². The Morgan fingerprint density at radius 1 is 1.07 bits per heavy atom. The van der Waals surface area contributed by atoms with Crippen molar-refractivity contribution in [1.29, 1.82) is 0 Å². The zero-order valence-electron chi connectivity index (χ0n) is 16.1. The quantitative estimate of drug-likeness (QED) is 0.804. The molecule has 0 saturated carbocycles. The Labute approximate surface area is 166 Å². The summed E-state index contributed by atoms with van der Waals surface area (Å²) in [6, 6.07) is 16.9. The molecule has 1 N–H and O–H groups in total. The Morgan fingerprint density at radius 2 is 1.68 bits per heavy atom. The molecule has 4 nitrogen and oxygen atoms in total. The lowest BCUT2D eigenvalue weighted by Gasteiger charge is -2.31. The number of rotatable bonds is 5. The second-order valence-corrected chi connectivity index (χ2v) is 7.54. The SMILES string of the molecule is C#CCCN1CCC(NC(=O)OCC2c3ccccc3-c3ccccc32)CC1. The van der Waals surface area contributed by atoms with Crippen LogP contribution in [0.4, 0.5) is 4.79 Å². The van der Waals surface area contributed by atoms with E-state index in [1.807, 2.05) is 12.1 Å². The number of fused-ring (bicyclic) bond motifs is 3. The molecule has 1 aliphatic carbocycles. The molecular formula is C24H26N2O2. The summed E-state index contributed by atoms with van der Waals surface area (Å²) >= 11 is 0. The van der Waals surface area contributed by atoms with E-state index in [1.54, 1.807) is 0 Å². The summed E-state index contributed by atoms with van der Waals surface area (Å²) in [7, 11) is 0. The second kappa shape index (κ2) is 8.50. The van der Waals surface area contributed by atoms with Crippen LogP contribution in [0.2, 0.25) is 0 Å². The Kier molecular flexibility index (Phi) is 5.64. The fourth-order valence-corrected chi connectivity index (χ4v) is 4.33. The highest BCUT2D eigenvalue weighted by atomic mass is 16.5. The maximum absolute atomic E-state index is 12.4. The topological polar surface area (TPSA) is 41.6 Å². The smallest absolute Gasteiger partial charge is 0.407 e. The summed E-state index contributed by atoms with van der Waals surface area (Å²) in [4.78, 5) is 14.7. The van der Waals surface area contributed by atoms with Crippen molar-refractivity contribution in [3.8, 4) is 23.5 Å². The molecule has 2 aromatic carbocycles. The number of alkyl carbamates (subject to hydrolysis) is 1. The van der Waals surface area contributed by atoms with Crippen molar-refractivity contribution in [3.63, 3.8) is 0 Å². The first kappa shape index (κ1) is 18.6. The van der Waals surface area contributed by atoms with Gasteiger partial charge in [-0.1, -0.05) is 48.5 Å². The van der Waals surface area contributed by atoms with Gasteiger partial charge < -0.3 is 15.0 Å². The minimum atomic E-state index is -0.316. The van der Waals surface area contributed by atoms with Crippen LogP contribution in [0.3, 0.4) is 0 Å². The molecule has 0 aromatic heterocycles. The van der Waals surface area contributed by atoms with E-state index in [2.05, 4.69) is 52.5 Å². The molecule has 2 aliphatic rings. The van der Waals surface area contributed by atoms with Gasteiger partial charge in [0.05, 0.1) is 0 Å². The summed E-state index contributed by atoms with van der Waals surface area (Å²) in [5, 5.41) is 3.04. The minimum Gasteiger partial charge on any atom is -0.449 e. The third-order valence-corrected chi connectivity index (χ3v) is 5.83. The Bertz CT molecular complexity index is 833. The molecule has 0 unspecified atom stereocenters. The van der Waals surface area contributed by atoms with E-state index in [4.69, 9.17) is 11.2 Å². The molecule has 1 fully saturated rings. The Morgan fingerprint density at radius 3 is 2.29 bits per heavy atom. The van der Waals surface area contributed by atoms with Crippen LogP contribution in [0.1, 0.15) is 36.3 Å². The van der Waals surface area contributed by atoms with E-state index >= 15 is 0 Å². The molecule has 1 heterocycles. The van der Waals surface area contributed by atoms with Gasteiger partial charge in [-0.15, -0.1) is 12.3 Å². The lowest BCUT2D eigenvalue weighted by molar-refractivity contribution is 0.130. The number of ether oxygens (including phenoxy) is 1. The van der Waals surface area contributed by atoms with Gasteiger partial charge in [-0.05, 0) is 35.1 Å². The number of hydrogen-bond acceptors (Lipinski definition) is 3. The molecule has 4 heteroatoms. The predicted octanol–water partition coefficient (Wildman–Crippen LogP) is 4.01. The molecule has 144 valence electrons. The average molecular weight is 374 g/mol. The van der Waals surface area contributed by atoms with Crippen LogP contribution in [0, 0.1) is 12.3 Å². The molecule has 0 bridgehead atoms. The third-order valence-electron chi connectivity index (χ3n) is 5.83. The highest BCUT2D eigenvalue weighted by Crippen LogP contribution is 2.44. The second-order valence-electron chi connectivity index (χ2n) is 7.54. The maximum Gasteiger partial charge on any atom is 0.407 e. The summed E-state index contributed by atoms with van der Waals surface area (Å²) in [6.07, 6.45) is 7.68. The number of carbonyl (C=O) groups is 1. The van der Waals surface area contributed by atoms with Gasteiger partial charge >= 0.3 is 6.09 Å². The normalized spacial score (nSPS) is 16.8. The molecular weight excluding hydrogens is 348 g/mol. The standard InChI is InChI=1S/C24H26N2O2/c1-2-3-14-26-15-12-18(13-16-26)25-24(27)28-17-23-21-10-6-4-8-19(21)20-9-5-7-11-22(20)23/h1,4-11,18,23H,3,12-17H2,(H,25,27). The number of benzene rings is 2. The van der Waals surface area contributed by atoms with E-state index < -0.39 is 0 Å². The molecule has 1 amide bonds. The van der Waals surface area contributed by atoms with Crippen LogP contribution >= 0.6 is 0 Å². The average Bonchev–Trinajstić information content (AvgIpc) is 3.06. The molecule has 0 spiro atoms. The number of nitrogens with zero attached hydrogens (tertiary/aromatic N) is 1. The van der Waals surface area contributed by atoms with Crippen LogP contribution in [-0.4, -0.2) is 43.3 Å². The number of nitrogens with one attached hydrogen (secondary N) is 1. The van der Waals surface area contributed by atoms with Crippen LogP contribution in [-0.2, 0) is 4.74 Å². The van der Waals surface area contributed by atoms with Gasteiger partial charge in [0.25, 0.3) is 0 Å². The zero-order valence-corrected chi connectivity index (χ0v) is 16.1. The summed E-state index contributed by atoms with van der Waals surface area (Å²) in [6.45, 7) is 3.24. The molecule has 4 rings (SSSR count). The first-order chi connectivity index (χ1) is 13.8. The number of amides is 1. The highest BCUT2D eigenvalue weighted by Gasteiger charge is 2.29. The van der Waals surface area contributed by atoms with Crippen molar-refractivity contribution in [1.82, 2.24) is 10.2 Å². The highest BCUT2D eigenvalue weighted by molar-refractivity contribution is 5.79. The van der Waals surface area contributed by atoms with Gasteiger partial charge in [0.2, 0.25) is 0 Å². The van der Waals surface area contributed by atoms with Crippen molar-refractivity contribution in [2.24, 2.45) is 0 Å². The summed E-state index contributed by atoms with van der Waals surface area (Å²) < 4.78 is 5.64. The lowest BCUT2D eigenvalue weighted by Crippen LogP contribution is -2.45. The van der Waals surface area contributed by atoms with E-state index in [0.29, 0.717) is 6.61 Å². The van der Waals surface area contributed by atoms with Gasteiger partial charge in [-0.25, -0.2) is 4.79 Å². The number of hydrogen-bond donors (Lipinski definition) is 1. The Balaban J connectivity index is 1.32. The number of carbonyl (C=O) groups excluding carboxylic acids is 1. The van der Waals surface area contributed by atoms with Crippen molar-refractivity contribution in [2.75, 3.05) is 26.2 Å². The van der Waals surface area contributed by atoms with Crippen LogP contribution in [0.15, 0.2) is 48.5 Å². The van der Waals surface area contributed by atoms with Crippen LogP contribution < -0.4 is 5.32 Å². The zero-order chi connectivity index (χ0) is 19.3. The van der Waals surface area contributed by atoms with Crippen molar-refractivity contribution >= 4 is 6.09 Å². The largest absolute Gasteiger partial charge is 0.449 e. The monoisotopic (exact) mass is 374 g/mol. The molecule has 2 aromatic rings. The van der Waals surface area contributed by atoms with E-state index in [0.717, 1.165) is 38.9 Å². The number of piperidine rings is 1. The molecule has 0 atom stereocenters. The third kappa shape index (κ3) is 3.90. The summed E-state index contributed by atoms with van der Waals surface area (Å²) in [5.41, 5.74) is 4.95. The Hall–Kier alpha value is -2.77. The fourth-order valence-electron chi connectivity index (χ4n) is 4.33. The van der Waals surface area contributed by atoms with Gasteiger partial charge in [0, 0.05) is 38.0 Å². The maximum atomic E-state index is 12.4. The van der Waals surface area contributed by atoms with Gasteiger partial charge in [0.1, 0.15) is 6.61 Å². The van der Waals surface area contributed by atoms with Gasteiger partial charge in [-0.2, -0.15) is 0 Å². The van der Waals surface area contributed by atoms with E-state index in [1.165, 1.54) is 22.3 Å². The van der Waals surface area contributed by atoms with Crippen molar-refractivity contribution in [3.05, 3.63) is 59.7 Å². The molecule has 0 radical (unpaired) electrons. The first-order valence-electron chi connectivity index (χ1n) is 10.0. The van der Waals surface area contributed by atoms with Crippen molar-refractivity contribution in [2.45, 2.75) is 31.2 Å². The number of terminal acetylenes is 1. The predicted molar refractivity (Wildman–Crippen MR) is 111 cm³/mol. The lowest BCUT2D eigenvalue weighted by atomic mass is 9.98. The number of likely N-dealkylation sites (tertiary alicyclic amines) is 1. The summed E-state index contributed by atoms with van der Waals surface area (Å²) in [5.74, 6) is 2.79. The fraction of sp³-hybridized carbons (Fsp3) is 0.375. The molecule has 28 heavy (non-hydrogen) atoms. The molecule has 1 aliphatic heterocycles. The van der Waals surface area contributed by atoms with Crippen molar-refractivity contribution < 1.29 is 9.53 Å². The van der Waals surface area contributed by atoms with Crippen LogP contribution in [0.25, 0.3) is 11.1 Å². The first-order valence-corrected chi connectivity index (χ1v) is 10.0.